The van der Waals surface area contributed by atoms with Gasteiger partial charge in [0.25, 0.3) is 0 Å². The van der Waals surface area contributed by atoms with Gasteiger partial charge < -0.3 is 5.21 Å². The standard InChI is InChI=1S/Mg.HNO4.2H/c;2-1(3)4-5-1;;/h;2H;;. The Hall–Kier alpha value is 0.566. The van der Waals surface area contributed by atoms with Gasteiger partial charge in [-0.3, -0.25) is 0 Å². The molecule has 1 rings (SSSR count). The summed E-state index contributed by atoms with van der Waals surface area (Å²) in [7, 11) is 0. The number of quaternary nitrogens is 1. The molecule has 0 atom stereocenters. The van der Waals surface area contributed by atoms with E-state index in [9.17, 15) is 5.21 Å². The van der Waals surface area contributed by atoms with E-state index in [0.717, 1.165) is 0 Å². The van der Waals surface area contributed by atoms with Gasteiger partial charge in [-0.05, 0) is 0 Å². The highest BCUT2D eigenvalue weighted by molar-refractivity contribution is 5.75. The molecule has 1 aliphatic rings. The normalized spacial score (nSPS) is 25.0. The minimum Gasteiger partial charge on any atom is -0.523 e. The van der Waals surface area contributed by atoms with Crippen LogP contribution in [-0.2, 0) is 9.98 Å². The van der Waals surface area contributed by atoms with Gasteiger partial charge >= 0.3 is 23.1 Å². The molecule has 1 fully saturated rings. The van der Waals surface area contributed by atoms with Gasteiger partial charge in [0.15, 0.2) is 5.14 Å². The van der Waals surface area contributed by atoms with Crippen molar-refractivity contribution in [2.75, 3.05) is 0 Å². The summed E-state index contributed by atoms with van der Waals surface area (Å²) >= 11 is 0. The van der Waals surface area contributed by atoms with E-state index in [1.165, 1.54) is 0 Å². The molecule has 1 saturated heterocycles. The van der Waals surface area contributed by atoms with E-state index < -0.39 is 5.14 Å². The lowest BCUT2D eigenvalue weighted by molar-refractivity contribution is -1.11. The van der Waals surface area contributed by atoms with Crippen molar-refractivity contribution in [3.63, 3.8) is 0 Å². The van der Waals surface area contributed by atoms with E-state index in [0.29, 0.717) is 0 Å². The molecule has 0 amide bonds. The molecule has 0 aromatic rings. The monoisotopic (exact) mass is 105 g/mol. The van der Waals surface area contributed by atoms with Gasteiger partial charge in [0.1, 0.15) is 9.98 Å². The Kier molecular flexibility index (Phi) is 1.73. The van der Waals surface area contributed by atoms with Gasteiger partial charge in [-0.15, -0.1) is 5.21 Å². The Morgan fingerprint density at radius 3 is 1.67 bits per heavy atom. The minimum atomic E-state index is -2.00. The summed E-state index contributed by atoms with van der Waals surface area (Å²) in [5, 5.41) is 14.8. The summed E-state index contributed by atoms with van der Waals surface area (Å²) in [6, 6.07) is 0. The minimum absolute atomic E-state index is 0. The topological polar surface area (TPSA) is 68.3 Å². The largest absolute Gasteiger partial charge is 0.523 e. The van der Waals surface area contributed by atoms with Crippen LogP contribution in [0.25, 0.3) is 0 Å². The van der Waals surface area contributed by atoms with Crippen LogP contribution in [0.5, 0.6) is 0 Å². The Labute approximate surface area is 49.2 Å². The molecule has 6 heteroatoms. The molecule has 0 aliphatic carbocycles. The third kappa shape index (κ3) is 1.87. The summed E-state index contributed by atoms with van der Waals surface area (Å²) in [5.74, 6) is 0. The molecular formula is H3MgNO4. The molecule has 1 aliphatic heterocycles. The smallest absolute Gasteiger partial charge is 0.316 e. The second-order valence-electron chi connectivity index (χ2n) is 0.618. The van der Waals surface area contributed by atoms with Gasteiger partial charge in [0.05, 0.1) is 0 Å². The summed E-state index contributed by atoms with van der Waals surface area (Å²) in [6.45, 7) is 0. The van der Waals surface area contributed by atoms with E-state index in [-0.39, 0.29) is 23.1 Å². The van der Waals surface area contributed by atoms with Crippen LogP contribution in [-0.4, -0.2) is 33.4 Å². The highest BCUT2D eigenvalue weighted by Crippen LogP contribution is 2.16. The SMILES string of the molecule is [MgH2].[O-][N+]1(O)OO1. The summed E-state index contributed by atoms with van der Waals surface area (Å²) < 4.78 is 0. The van der Waals surface area contributed by atoms with E-state index in [2.05, 4.69) is 9.98 Å². The maximum absolute atomic E-state index is 9.26. The number of rotatable bonds is 0. The van der Waals surface area contributed by atoms with Crippen molar-refractivity contribution in [1.82, 2.24) is 0 Å². The van der Waals surface area contributed by atoms with Crippen LogP contribution in [0.4, 0.5) is 0 Å². The van der Waals surface area contributed by atoms with Crippen molar-refractivity contribution in [3.8, 4) is 0 Å². The first-order valence-electron chi connectivity index (χ1n) is 0.914. The molecule has 1 N–H and O–H groups in total. The van der Waals surface area contributed by atoms with Crippen molar-refractivity contribution in [2.45, 2.75) is 0 Å². The first-order valence-corrected chi connectivity index (χ1v) is 0.914. The first-order chi connectivity index (χ1) is 2.21. The van der Waals surface area contributed by atoms with Crippen LogP contribution in [0.1, 0.15) is 0 Å². The lowest BCUT2D eigenvalue weighted by atomic mass is 12.9. The zero-order valence-corrected chi connectivity index (χ0v) is 2.12. The molecule has 1 heterocycles. The highest BCUT2D eigenvalue weighted by atomic mass is 24.3. The molecule has 0 aromatic carbocycles. The Bertz CT molecular complexity index is 45.5. The average molecular weight is 105 g/mol. The van der Waals surface area contributed by atoms with Crippen LogP contribution in [0.15, 0.2) is 0 Å². The Morgan fingerprint density at radius 2 is 1.67 bits per heavy atom. The number of hydrogen-bond acceptors (Lipinski definition) is 4. The third-order valence-electron chi connectivity index (χ3n) is 0.202. The molecule has 0 radical (unpaired) electrons. The summed E-state index contributed by atoms with van der Waals surface area (Å²) in [6.07, 6.45) is 0. The molecule has 34 valence electrons. The number of nitrogens with zero attached hydrogens (tertiary/aromatic N) is 1. The second-order valence-corrected chi connectivity index (χ2v) is 0.618. The number of hydrogen-bond donors (Lipinski definition) is 1. The van der Waals surface area contributed by atoms with E-state index in [1.54, 1.807) is 0 Å². The molecule has 6 heavy (non-hydrogen) atoms. The van der Waals surface area contributed by atoms with Crippen LogP contribution in [0.3, 0.4) is 0 Å². The Balaban J connectivity index is 0.000000250. The maximum Gasteiger partial charge on any atom is 0.316 e. The van der Waals surface area contributed by atoms with Crippen LogP contribution in [0, 0.1) is 5.21 Å². The van der Waals surface area contributed by atoms with Crippen LogP contribution < -0.4 is 0 Å². The zero-order valence-electron chi connectivity index (χ0n) is 2.12. The maximum atomic E-state index is 9.26. The quantitative estimate of drug-likeness (QED) is 0.135. The fourth-order valence-electron chi connectivity index (χ4n) is 0.0285. The lowest BCUT2D eigenvalue weighted by Crippen LogP contribution is -2.05. The van der Waals surface area contributed by atoms with Gasteiger partial charge in [0.2, 0.25) is 0 Å². The van der Waals surface area contributed by atoms with Gasteiger partial charge in [0, 0.05) is 0 Å². The molecular weight excluding hydrogens is 102 g/mol. The lowest BCUT2D eigenvalue weighted by Gasteiger charge is -1.85. The van der Waals surface area contributed by atoms with Gasteiger partial charge in [-0.2, -0.15) is 0 Å². The van der Waals surface area contributed by atoms with Gasteiger partial charge in [-0.1, -0.05) is 0 Å². The third-order valence-corrected chi connectivity index (χ3v) is 0.202. The highest BCUT2D eigenvalue weighted by Gasteiger charge is 2.42. The van der Waals surface area contributed by atoms with Crippen LogP contribution in [0.2, 0.25) is 0 Å². The van der Waals surface area contributed by atoms with Crippen molar-refractivity contribution in [1.29, 1.82) is 0 Å². The van der Waals surface area contributed by atoms with Crippen molar-refractivity contribution < 1.29 is 20.3 Å². The zero-order chi connectivity index (χ0) is 3.91. The molecule has 0 unspecified atom stereocenters. The average Bonchev–Trinajstić information content (AvgIpc) is 1.76. The fourth-order valence-corrected chi connectivity index (χ4v) is 0.0285. The predicted octanol–water partition coefficient (Wildman–Crippen LogP) is -1.43. The van der Waals surface area contributed by atoms with Gasteiger partial charge in [-0.25, -0.2) is 0 Å². The van der Waals surface area contributed by atoms with Crippen molar-refractivity contribution >= 4 is 23.1 Å². The van der Waals surface area contributed by atoms with E-state index in [4.69, 9.17) is 5.21 Å². The second kappa shape index (κ2) is 1.58. The molecule has 0 bridgehead atoms. The van der Waals surface area contributed by atoms with Crippen molar-refractivity contribution in [2.24, 2.45) is 0 Å². The summed E-state index contributed by atoms with van der Waals surface area (Å²) in [4.78, 5) is 6.67. The molecule has 0 saturated carbocycles. The molecule has 0 aromatic heterocycles. The fraction of sp³-hybridized carbons (Fsp3) is 0. The Morgan fingerprint density at radius 1 is 1.50 bits per heavy atom. The van der Waals surface area contributed by atoms with Crippen molar-refractivity contribution in [3.05, 3.63) is 5.21 Å². The summed E-state index contributed by atoms with van der Waals surface area (Å²) in [5.41, 5.74) is 0. The predicted molar refractivity (Wildman–Crippen MR) is 16.1 cm³/mol. The molecule has 5 nitrogen and oxygen atoms in total. The van der Waals surface area contributed by atoms with Crippen LogP contribution >= 0.6 is 0 Å². The van der Waals surface area contributed by atoms with E-state index >= 15 is 0 Å². The first kappa shape index (κ1) is 6.57. The van der Waals surface area contributed by atoms with E-state index in [1.807, 2.05) is 0 Å². The molecule has 0 spiro atoms.